The van der Waals surface area contributed by atoms with E-state index in [1.165, 1.54) is 22.3 Å². The molecule has 0 atom stereocenters. The molecule has 0 fully saturated rings. The Bertz CT molecular complexity index is 1260. The van der Waals surface area contributed by atoms with Gasteiger partial charge in [0, 0.05) is 13.1 Å². The minimum Gasteiger partial charge on any atom is -0.280 e. The maximum absolute atomic E-state index is 5.66. The standard InChI is InChI=1S/C31H39N7/c1-8-17-36(20-28-22-37(34-32-28)18-24-9-13-26(14-10-24)30(2,3)4)21-29-23-38(35-33-29)19-25-11-15-27(16-12-25)31(5,6)7/h1,9-16,22-23H,17-21H2,2-7H3. The van der Waals surface area contributed by atoms with E-state index in [1.807, 2.05) is 21.8 Å². The summed E-state index contributed by atoms with van der Waals surface area (Å²) in [4.78, 5) is 2.12. The zero-order valence-corrected chi connectivity index (χ0v) is 23.5. The number of hydrogen-bond donors (Lipinski definition) is 0. The molecule has 2 heterocycles. The first-order chi connectivity index (χ1) is 18.0. The highest BCUT2D eigenvalue weighted by Gasteiger charge is 2.15. The van der Waals surface area contributed by atoms with Crippen molar-refractivity contribution in [3.63, 3.8) is 0 Å². The topological polar surface area (TPSA) is 64.7 Å². The van der Waals surface area contributed by atoms with E-state index in [1.54, 1.807) is 0 Å². The molecule has 0 saturated carbocycles. The molecule has 4 aromatic rings. The zero-order valence-electron chi connectivity index (χ0n) is 23.5. The Morgan fingerprint density at radius 3 is 1.42 bits per heavy atom. The molecule has 0 aliphatic carbocycles. The fourth-order valence-electron chi connectivity index (χ4n) is 4.33. The molecule has 0 spiro atoms. The Kier molecular flexibility index (Phi) is 8.13. The number of nitrogens with zero attached hydrogens (tertiary/aromatic N) is 7. The van der Waals surface area contributed by atoms with Gasteiger partial charge in [0.05, 0.1) is 43.4 Å². The van der Waals surface area contributed by atoms with Gasteiger partial charge in [-0.1, -0.05) is 106 Å². The summed E-state index contributed by atoms with van der Waals surface area (Å²) in [6.07, 6.45) is 9.63. The lowest BCUT2D eigenvalue weighted by atomic mass is 9.87. The Morgan fingerprint density at radius 2 is 1.08 bits per heavy atom. The largest absolute Gasteiger partial charge is 0.280 e. The van der Waals surface area contributed by atoms with Crippen molar-refractivity contribution in [3.05, 3.63) is 94.6 Å². The second-order valence-electron chi connectivity index (χ2n) is 12.1. The third kappa shape index (κ3) is 7.39. The van der Waals surface area contributed by atoms with Crippen LogP contribution in [-0.2, 0) is 37.0 Å². The SMILES string of the molecule is C#CCN(Cc1cn(Cc2ccc(C(C)(C)C)cc2)nn1)Cc1cn(Cc2ccc(C(C)(C)C)cc2)nn1. The van der Waals surface area contributed by atoms with E-state index in [4.69, 9.17) is 6.42 Å². The molecule has 0 amide bonds. The predicted octanol–water partition coefficient (Wildman–Crippen LogP) is 5.20. The Labute approximate surface area is 226 Å². The van der Waals surface area contributed by atoms with E-state index in [9.17, 15) is 0 Å². The van der Waals surface area contributed by atoms with Gasteiger partial charge in [0.15, 0.2) is 0 Å². The first-order valence-electron chi connectivity index (χ1n) is 13.1. The summed E-state index contributed by atoms with van der Waals surface area (Å²) in [7, 11) is 0. The summed E-state index contributed by atoms with van der Waals surface area (Å²) < 4.78 is 3.74. The normalized spacial score (nSPS) is 12.2. The third-order valence-electron chi connectivity index (χ3n) is 6.59. The summed E-state index contributed by atoms with van der Waals surface area (Å²) in [6, 6.07) is 17.4. The van der Waals surface area contributed by atoms with Gasteiger partial charge in [-0.05, 0) is 33.1 Å². The highest BCUT2D eigenvalue weighted by atomic mass is 15.4. The predicted molar refractivity (Wildman–Crippen MR) is 151 cm³/mol. The van der Waals surface area contributed by atoms with Gasteiger partial charge in [-0.3, -0.25) is 4.90 Å². The molecule has 4 rings (SSSR count). The van der Waals surface area contributed by atoms with Gasteiger partial charge >= 0.3 is 0 Å². The Morgan fingerprint density at radius 1 is 0.684 bits per heavy atom. The number of aromatic nitrogens is 6. The minimum atomic E-state index is 0.141. The van der Waals surface area contributed by atoms with Crippen molar-refractivity contribution in [2.24, 2.45) is 0 Å². The molecule has 0 N–H and O–H groups in total. The zero-order chi connectivity index (χ0) is 27.3. The molecule has 0 radical (unpaired) electrons. The summed E-state index contributed by atoms with van der Waals surface area (Å²) in [5, 5.41) is 17.4. The van der Waals surface area contributed by atoms with E-state index < -0.39 is 0 Å². The molecule has 7 heteroatoms. The van der Waals surface area contributed by atoms with Gasteiger partial charge in [-0.2, -0.15) is 0 Å². The molecule has 0 aliphatic rings. The Balaban J connectivity index is 1.35. The second kappa shape index (κ2) is 11.3. The van der Waals surface area contributed by atoms with Gasteiger partial charge in [-0.25, -0.2) is 9.36 Å². The highest BCUT2D eigenvalue weighted by molar-refractivity contribution is 5.28. The second-order valence-corrected chi connectivity index (χ2v) is 12.1. The van der Waals surface area contributed by atoms with Crippen LogP contribution in [0.5, 0.6) is 0 Å². The van der Waals surface area contributed by atoms with Crippen molar-refractivity contribution in [2.45, 2.75) is 78.6 Å². The van der Waals surface area contributed by atoms with E-state index in [-0.39, 0.29) is 10.8 Å². The average molecular weight is 510 g/mol. The van der Waals surface area contributed by atoms with E-state index in [0.717, 1.165) is 11.4 Å². The number of terminal acetylenes is 1. The van der Waals surface area contributed by atoms with Crippen molar-refractivity contribution in [1.29, 1.82) is 0 Å². The molecular formula is C31H39N7. The number of hydrogen-bond acceptors (Lipinski definition) is 5. The molecule has 0 unspecified atom stereocenters. The van der Waals surface area contributed by atoms with Crippen molar-refractivity contribution >= 4 is 0 Å². The fourth-order valence-corrected chi connectivity index (χ4v) is 4.33. The lowest BCUT2D eigenvalue weighted by Crippen LogP contribution is -2.23. The van der Waals surface area contributed by atoms with Crippen molar-refractivity contribution < 1.29 is 0 Å². The summed E-state index contributed by atoms with van der Waals surface area (Å²) in [5.41, 5.74) is 7.06. The van der Waals surface area contributed by atoms with Gasteiger partial charge in [0.25, 0.3) is 0 Å². The van der Waals surface area contributed by atoms with E-state index in [0.29, 0.717) is 32.7 Å². The molecule has 7 nitrogen and oxygen atoms in total. The molecule has 0 bridgehead atoms. The first-order valence-corrected chi connectivity index (χ1v) is 13.1. The summed E-state index contributed by atoms with van der Waals surface area (Å²) in [6.45, 7) is 16.4. The Hall–Kier alpha value is -3.76. The van der Waals surface area contributed by atoms with Gasteiger partial charge in [0.2, 0.25) is 0 Å². The maximum atomic E-state index is 5.66. The third-order valence-corrected chi connectivity index (χ3v) is 6.59. The minimum absolute atomic E-state index is 0.141. The molecule has 2 aromatic heterocycles. The number of rotatable bonds is 9. The van der Waals surface area contributed by atoms with Crippen molar-refractivity contribution in [3.8, 4) is 12.3 Å². The van der Waals surface area contributed by atoms with Crippen LogP contribution in [0.2, 0.25) is 0 Å². The molecule has 2 aromatic carbocycles. The molecule has 0 saturated heterocycles. The molecule has 0 aliphatic heterocycles. The van der Waals surface area contributed by atoms with Crippen LogP contribution < -0.4 is 0 Å². The smallest absolute Gasteiger partial charge is 0.0967 e. The average Bonchev–Trinajstić information content (AvgIpc) is 3.48. The van der Waals surface area contributed by atoms with Gasteiger partial charge < -0.3 is 0 Å². The van der Waals surface area contributed by atoms with Gasteiger partial charge in [0.1, 0.15) is 0 Å². The highest BCUT2D eigenvalue weighted by Crippen LogP contribution is 2.23. The first kappa shape index (κ1) is 27.3. The lowest BCUT2D eigenvalue weighted by Gasteiger charge is -2.19. The quantitative estimate of drug-likeness (QED) is 0.290. The maximum Gasteiger partial charge on any atom is 0.0967 e. The van der Waals surface area contributed by atoms with Crippen LogP contribution in [0.3, 0.4) is 0 Å². The van der Waals surface area contributed by atoms with Crippen LogP contribution >= 0.6 is 0 Å². The van der Waals surface area contributed by atoms with Crippen LogP contribution in [0, 0.1) is 12.3 Å². The van der Waals surface area contributed by atoms with Crippen LogP contribution in [-0.4, -0.2) is 41.4 Å². The fraction of sp³-hybridized carbons (Fsp3) is 0.419. The van der Waals surface area contributed by atoms with Gasteiger partial charge in [-0.15, -0.1) is 16.6 Å². The molecular weight excluding hydrogens is 470 g/mol. The van der Waals surface area contributed by atoms with Crippen LogP contribution in [0.15, 0.2) is 60.9 Å². The van der Waals surface area contributed by atoms with Crippen molar-refractivity contribution in [1.82, 2.24) is 34.9 Å². The summed E-state index contributed by atoms with van der Waals surface area (Å²) >= 11 is 0. The van der Waals surface area contributed by atoms with Crippen LogP contribution in [0.4, 0.5) is 0 Å². The van der Waals surface area contributed by atoms with Crippen LogP contribution in [0.1, 0.15) is 75.2 Å². The number of benzene rings is 2. The monoisotopic (exact) mass is 509 g/mol. The van der Waals surface area contributed by atoms with E-state index >= 15 is 0 Å². The van der Waals surface area contributed by atoms with E-state index in [2.05, 4.69) is 122 Å². The van der Waals surface area contributed by atoms with Crippen LogP contribution in [0.25, 0.3) is 0 Å². The lowest BCUT2D eigenvalue weighted by molar-refractivity contribution is 0.283. The van der Waals surface area contributed by atoms with Crippen molar-refractivity contribution in [2.75, 3.05) is 6.54 Å². The molecule has 38 heavy (non-hydrogen) atoms. The summed E-state index contributed by atoms with van der Waals surface area (Å²) in [5.74, 6) is 2.75. The molecule has 198 valence electrons.